The largest absolute Gasteiger partial charge is 0.319 e. The van der Waals surface area contributed by atoms with Crippen LogP contribution in [-0.4, -0.2) is 10.5 Å². The maximum absolute atomic E-state index is 12.6. The van der Waals surface area contributed by atoms with Crippen LogP contribution in [0.1, 0.15) is 33.4 Å². The number of amides is 1. The molecule has 4 heteroatoms. The summed E-state index contributed by atoms with van der Waals surface area (Å²) in [5.74, 6) is -0.0911. The number of hydrogen-bond acceptors (Lipinski definition) is 2. The second kappa shape index (κ2) is 6.60. The van der Waals surface area contributed by atoms with Crippen molar-refractivity contribution in [2.75, 3.05) is 0 Å². The molecular formula is C21H24N2OS. The summed E-state index contributed by atoms with van der Waals surface area (Å²) in [5, 5.41) is 0. The third-order valence-corrected chi connectivity index (χ3v) is 5.97. The quantitative estimate of drug-likeness (QED) is 0.671. The summed E-state index contributed by atoms with van der Waals surface area (Å²) >= 11 is 1.57. The first-order chi connectivity index (χ1) is 11.8. The zero-order valence-electron chi connectivity index (χ0n) is 15.7. The lowest BCUT2D eigenvalue weighted by Gasteiger charge is -2.09. The molecule has 0 unspecified atom stereocenters. The van der Waals surface area contributed by atoms with Gasteiger partial charge in [0.05, 0.1) is 16.6 Å². The summed E-state index contributed by atoms with van der Waals surface area (Å²) in [6, 6.07) is 8.49. The van der Waals surface area contributed by atoms with E-state index < -0.39 is 0 Å². The molecule has 3 rings (SSSR count). The normalized spacial score (nSPS) is 12.2. The van der Waals surface area contributed by atoms with E-state index in [0.717, 1.165) is 21.5 Å². The van der Waals surface area contributed by atoms with Gasteiger partial charge in [-0.1, -0.05) is 35.1 Å². The van der Waals surface area contributed by atoms with E-state index in [0.29, 0.717) is 6.42 Å². The Morgan fingerprint density at radius 3 is 2.32 bits per heavy atom. The topological polar surface area (TPSA) is 34.4 Å². The van der Waals surface area contributed by atoms with Gasteiger partial charge in [0.1, 0.15) is 0 Å². The average molecular weight is 353 g/mol. The van der Waals surface area contributed by atoms with Gasteiger partial charge in [-0.2, -0.15) is 4.99 Å². The van der Waals surface area contributed by atoms with E-state index in [1.54, 1.807) is 11.3 Å². The van der Waals surface area contributed by atoms with Crippen molar-refractivity contribution in [3.05, 3.63) is 62.4 Å². The van der Waals surface area contributed by atoms with Crippen molar-refractivity contribution >= 4 is 27.5 Å². The molecule has 2 aromatic carbocycles. The van der Waals surface area contributed by atoms with Gasteiger partial charge in [-0.3, -0.25) is 4.79 Å². The van der Waals surface area contributed by atoms with Crippen molar-refractivity contribution in [2.45, 2.75) is 41.0 Å². The molecule has 0 saturated carbocycles. The minimum absolute atomic E-state index is 0.0911. The Hall–Kier alpha value is -2.20. The maximum atomic E-state index is 12.6. The van der Waals surface area contributed by atoms with Crippen LogP contribution in [0.4, 0.5) is 0 Å². The zero-order valence-corrected chi connectivity index (χ0v) is 16.5. The fourth-order valence-corrected chi connectivity index (χ4v) is 4.52. The van der Waals surface area contributed by atoms with Gasteiger partial charge >= 0.3 is 0 Å². The van der Waals surface area contributed by atoms with Crippen LogP contribution in [0.15, 0.2) is 29.3 Å². The van der Waals surface area contributed by atoms with Gasteiger partial charge in [0.15, 0.2) is 4.80 Å². The summed E-state index contributed by atoms with van der Waals surface area (Å²) in [6.45, 7) is 10.4. The third kappa shape index (κ3) is 3.31. The predicted octanol–water partition coefficient (Wildman–Crippen LogP) is 4.45. The molecule has 1 heterocycles. The monoisotopic (exact) mass is 352 g/mol. The number of rotatable bonds is 2. The van der Waals surface area contributed by atoms with Gasteiger partial charge in [-0.25, -0.2) is 0 Å². The highest BCUT2D eigenvalue weighted by Gasteiger charge is 2.11. The summed E-state index contributed by atoms with van der Waals surface area (Å²) in [7, 11) is 1.99. The molecule has 0 N–H and O–H groups in total. The van der Waals surface area contributed by atoms with E-state index >= 15 is 0 Å². The Labute approximate surface area is 152 Å². The molecule has 0 radical (unpaired) electrons. The first-order valence-electron chi connectivity index (χ1n) is 8.48. The van der Waals surface area contributed by atoms with Gasteiger partial charge in [0.25, 0.3) is 5.91 Å². The number of thiazole rings is 1. The SMILES string of the molecule is Cc1cc(C)c(CC(=O)N=c2sc3ccc(C)c(C)c3n2C)c(C)c1. The Kier molecular flexibility index (Phi) is 4.65. The van der Waals surface area contributed by atoms with Crippen LogP contribution < -0.4 is 4.80 Å². The smallest absolute Gasteiger partial charge is 0.252 e. The van der Waals surface area contributed by atoms with E-state index in [1.807, 2.05) is 11.6 Å². The van der Waals surface area contributed by atoms with Crippen LogP contribution in [0.5, 0.6) is 0 Å². The standard InChI is InChI=1S/C21H24N2OS/c1-12-9-14(3)17(15(4)10-12)11-19(24)22-21-23(6)20-16(5)13(2)7-8-18(20)25-21/h7-10H,11H2,1-6H3. The lowest BCUT2D eigenvalue weighted by Crippen LogP contribution is -2.15. The van der Waals surface area contributed by atoms with Crippen molar-refractivity contribution in [1.82, 2.24) is 4.57 Å². The summed E-state index contributed by atoms with van der Waals surface area (Å²) in [5.41, 5.74) is 8.31. The molecule has 0 aliphatic heterocycles. The van der Waals surface area contributed by atoms with Crippen molar-refractivity contribution in [3.8, 4) is 0 Å². The number of carbonyl (C=O) groups excluding carboxylic acids is 1. The summed E-state index contributed by atoms with van der Waals surface area (Å²) in [6.07, 6.45) is 0.351. The zero-order chi connectivity index (χ0) is 18.3. The molecule has 0 spiro atoms. The first kappa shape index (κ1) is 17.6. The number of aryl methyl sites for hydroxylation is 6. The van der Waals surface area contributed by atoms with Gasteiger partial charge < -0.3 is 4.57 Å². The van der Waals surface area contributed by atoms with Gasteiger partial charge in [0, 0.05) is 7.05 Å². The molecule has 0 atom stereocenters. The van der Waals surface area contributed by atoms with E-state index in [4.69, 9.17) is 0 Å². The van der Waals surface area contributed by atoms with Crippen LogP contribution in [-0.2, 0) is 18.3 Å². The molecule has 3 aromatic rings. The average Bonchev–Trinajstić information content (AvgIpc) is 2.83. The number of carbonyl (C=O) groups is 1. The van der Waals surface area contributed by atoms with Crippen molar-refractivity contribution in [1.29, 1.82) is 0 Å². The van der Waals surface area contributed by atoms with Crippen LogP contribution in [0.25, 0.3) is 10.2 Å². The number of benzene rings is 2. The van der Waals surface area contributed by atoms with E-state index in [9.17, 15) is 4.79 Å². The Morgan fingerprint density at radius 1 is 1.04 bits per heavy atom. The van der Waals surface area contributed by atoms with Crippen LogP contribution in [0, 0.1) is 34.6 Å². The molecule has 0 saturated heterocycles. The van der Waals surface area contributed by atoms with Crippen molar-refractivity contribution in [2.24, 2.45) is 12.0 Å². The highest BCUT2D eigenvalue weighted by atomic mass is 32.1. The lowest BCUT2D eigenvalue weighted by atomic mass is 9.97. The van der Waals surface area contributed by atoms with Gasteiger partial charge in [0.2, 0.25) is 0 Å². The molecule has 0 fully saturated rings. The lowest BCUT2D eigenvalue weighted by molar-refractivity contribution is -0.117. The molecule has 3 nitrogen and oxygen atoms in total. The van der Waals surface area contributed by atoms with E-state index in [1.165, 1.54) is 26.9 Å². The highest BCUT2D eigenvalue weighted by molar-refractivity contribution is 7.16. The summed E-state index contributed by atoms with van der Waals surface area (Å²) < 4.78 is 3.20. The first-order valence-corrected chi connectivity index (χ1v) is 9.29. The van der Waals surface area contributed by atoms with Gasteiger partial charge in [-0.05, 0) is 68.5 Å². The molecule has 130 valence electrons. The van der Waals surface area contributed by atoms with Crippen LogP contribution in [0.2, 0.25) is 0 Å². The molecular weight excluding hydrogens is 328 g/mol. The Bertz CT molecular complexity index is 1030. The highest BCUT2D eigenvalue weighted by Crippen LogP contribution is 2.23. The molecule has 1 aromatic heterocycles. The number of nitrogens with zero attached hydrogens (tertiary/aromatic N) is 2. The molecule has 0 aliphatic rings. The second-order valence-corrected chi connectivity index (χ2v) is 7.87. The Balaban J connectivity index is 2.02. The second-order valence-electron chi connectivity index (χ2n) is 6.86. The molecule has 25 heavy (non-hydrogen) atoms. The predicted molar refractivity (Wildman–Crippen MR) is 105 cm³/mol. The van der Waals surface area contributed by atoms with Crippen LogP contribution in [0.3, 0.4) is 0 Å². The summed E-state index contributed by atoms with van der Waals surface area (Å²) in [4.78, 5) is 17.7. The van der Waals surface area contributed by atoms with Crippen molar-refractivity contribution in [3.63, 3.8) is 0 Å². The minimum Gasteiger partial charge on any atom is -0.319 e. The van der Waals surface area contributed by atoms with E-state index in [2.05, 4.69) is 63.9 Å². The molecule has 0 aliphatic carbocycles. The minimum atomic E-state index is -0.0911. The fraction of sp³-hybridized carbons (Fsp3) is 0.333. The number of aromatic nitrogens is 1. The maximum Gasteiger partial charge on any atom is 0.252 e. The van der Waals surface area contributed by atoms with Crippen LogP contribution >= 0.6 is 11.3 Å². The molecule has 0 bridgehead atoms. The molecule has 1 amide bonds. The fourth-order valence-electron chi connectivity index (χ4n) is 3.42. The van der Waals surface area contributed by atoms with E-state index in [-0.39, 0.29) is 5.91 Å². The van der Waals surface area contributed by atoms with Crippen molar-refractivity contribution < 1.29 is 4.79 Å². The third-order valence-electron chi connectivity index (χ3n) is 4.88. The number of fused-ring (bicyclic) bond motifs is 1. The number of hydrogen-bond donors (Lipinski definition) is 0. The van der Waals surface area contributed by atoms with Gasteiger partial charge in [-0.15, -0.1) is 0 Å². The Morgan fingerprint density at radius 2 is 1.68 bits per heavy atom.